The van der Waals surface area contributed by atoms with E-state index >= 15 is 0 Å². The third kappa shape index (κ3) is 3.81. The summed E-state index contributed by atoms with van der Waals surface area (Å²) in [7, 11) is 0. The summed E-state index contributed by atoms with van der Waals surface area (Å²) in [5, 5.41) is 0. The second-order valence-electron chi connectivity index (χ2n) is 5.90. The highest BCUT2D eigenvalue weighted by atomic mass is 79.9. The van der Waals surface area contributed by atoms with Crippen molar-refractivity contribution in [2.24, 2.45) is 0 Å². The van der Waals surface area contributed by atoms with Crippen molar-refractivity contribution in [3.63, 3.8) is 0 Å². The van der Waals surface area contributed by atoms with Crippen LogP contribution in [0.3, 0.4) is 0 Å². The van der Waals surface area contributed by atoms with Crippen molar-refractivity contribution in [2.45, 2.75) is 19.0 Å². The number of carbonyl (C=O) groups excluding carboxylic acids is 3. The molecule has 1 atom stereocenters. The summed E-state index contributed by atoms with van der Waals surface area (Å²) in [6.07, 6.45) is -0.0512. The van der Waals surface area contributed by atoms with Gasteiger partial charge < -0.3 is 4.90 Å². The lowest BCUT2D eigenvalue weighted by atomic mass is 10.1. The molecule has 1 saturated heterocycles. The first kappa shape index (κ1) is 18.6. The number of carbonyl (C=O) groups is 3. The van der Waals surface area contributed by atoms with Gasteiger partial charge in [-0.3, -0.25) is 14.4 Å². The first-order chi connectivity index (χ1) is 12.5. The number of halogens is 2. The number of nitrogens with zero attached hydrogens (tertiary/aromatic N) is 2. The van der Waals surface area contributed by atoms with E-state index in [0.717, 1.165) is 14.9 Å². The van der Waals surface area contributed by atoms with Gasteiger partial charge in [-0.25, -0.2) is 4.90 Å². The molecule has 3 amide bonds. The van der Waals surface area contributed by atoms with Crippen LogP contribution in [-0.4, -0.2) is 34.5 Å². The molecule has 0 radical (unpaired) electrons. The monoisotopic (exact) mass is 434 g/mol. The maximum atomic E-state index is 12.9. The van der Waals surface area contributed by atoms with Crippen LogP contribution in [0.5, 0.6) is 0 Å². The predicted molar refractivity (Wildman–Crippen MR) is 103 cm³/mol. The molecule has 3 rings (SSSR count). The minimum Gasteiger partial charge on any atom is -0.325 e. The van der Waals surface area contributed by atoms with Crippen LogP contribution in [0.2, 0.25) is 0 Å². The second-order valence-corrected chi connectivity index (χ2v) is 7.09. The van der Waals surface area contributed by atoms with Gasteiger partial charge in [-0.05, 0) is 29.8 Å². The number of hydrogen-bond acceptors (Lipinski definition) is 3. The van der Waals surface area contributed by atoms with Crippen LogP contribution in [0, 0.1) is 0 Å². The predicted octanol–water partition coefficient (Wildman–Crippen LogP) is 3.35. The van der Waals surface area contributed by atoms with E-state index in [0.29, 0.717) is 5.69 Å². The standard InChI is InChI=1S/C19H16BrClN2O3/c20-14-6-8-15(9-7-14)23-17(24)10-16(19(23)26)22(18(25)11-21)12-13-4-2-1-3-5-13/h1-9,16H,10-12H2/t16-/m0/s1. The molecule has 2 aromatic rings. The Bertz CT molecular complexity index is 826. The summed E-state index contributed by atoms with van der Waals surface area (Å²) in [5.41, 5.74) is 1.36. The minimum atomic E-state index is -0.849. The maximum absolute atomic E-state index is 12.9. The largest absolute Gasteiger partial charge is 0.325 e. The molecule has 1 aliphatic rings. The maximum Gasteiger partial charge on any atom is 0.257 e. The zero-order valence-electron chi connectivity index (χ0n) is 13.8. The van der Waals surface area contributed by atoms with Gasteiger partial charge in [0.2, 0.25) is 11.8 Å². The van der Waals surface area contributed by atoms with Gasteiger partial charge in [0.05, 0.1) is 12.1 Å². The summed E-state index contributed by atoms with van der Waals surface area (Å²) in [6, 6.07) is 15.4. The molecule has 0 unspecified atom stereocenters. The van der Waals surface area contributed by atoms with Crippen molar-refractivity contribution < 1.29 is 14.4 Å². The first-order valence-electron chi connectivity index (χ1n) is 8.03. The van der Waals surface area contributed by atoms with Crippen LogP contribution >= 0.6 is 27.5 Å². The molecule has 0 aromatic heterocycles. The lowest BCUT2D eigenvalue weighted by molar-refractivity contribution is -0.136. The molecule has 1 heterocycles. The van der Waals surface area contributed by atoms with Crippen LogP contribution < -0.4 is 4.90 Å². The van der Waals surface area contributed by atoms with Gasteiger partial charge in [0.25, 0.3) is 5.91 Å². The number of anilines is 1. The molecule has 2 aromatic carbocycles. The highest BCUT2D eigenvalue weighted by Gasteiger charge is 2.44. The van der Waals surface area contributed by atoms with Gasteiger partial charge in [0.15, 0.2) is 0 Å². The average Bonchev–Trinajstić information content (AvgIpc) is 2.95. The van der Waals surface area contributed by atoms with E-state index in [9.17, 15) is 14.4 Å². The van der Waals surface area contributed by atoms with Crippen molar-refractivity contribution in [3.05, 3.63) is 64.6 Å². The second kappa shape index (κ2) is 8.01. The zero-order valence-corrected chi connectivity index (χ0v) is 16.1. The Morgan fingerprint density at radius 3 is 2.38 bits per heavy atom. The Balaban J connectivity index is 1.87. The van der Waals surface area contributed by atoms with Crippen LogP contribution in [0.25, 0.3) is 0 Å². The number of benzene rings is 2. The smallest absolute Gasteiger partial charge is 0.257 e. The first-order valence-corrected chi connectivity index (χ1v) is 9.35. The van der Waals surface area contributed by atoms with Gasteiger partial charge >= 0.3 is 0 Å². The highest BCUT2D eigenvalue weighted by Crippen LogP contribution is 2.28. The van der Waals surface area contributed by atoms with Crippen LogP contribution in [0.15, 0.2) is 59.1 Å². The summed E-state index contributed by atoms with van der Waals surface area (Å²) in [4.78, 5) is 40.3. The lowest BCUT2D eigenvalue weighted by Gasteiger charge is -2.27. The summed E-state index contributed by atoms with van der Waals surface area (Å²) in [6.45, 7) is 0.226. The van der Waals surface area contributed by atoms with E-state index in [1.54, 1.807) is 24.3 Å². The van der Waals surface area contributed by atoms with Gasteiger partial charge in [0.1, 0.15) is 11.9 Å². The average molecular weight is 436 g/mol. The Labute approximate surface area is 164 Å². The Kier molecular flexibility index (Phi) is 5.74. The zero-order chi connectivity index (χ0) is 18.7. The van der Waals surface area contributed by atoms with Crippen LogP contribution in [0.1, 0.15) is 12.0 Å². The van der Waals surface area contributed by atoms with E-state index in [1.165, 1.54) is 4.90 Å². The molecular formula is C19H16BrClN2O3. The molecule has 0 N–H and O–H groups in total. The third-order valence-corrected chi connectivity index (χ3v) is 4.97. The molecule has 0 saturated carbocycles. The van der Waals surface area contributed by atoms with E-state index in [4.69, 9.17) is 11.6 Å². The van der Waals surface area contributed by atoms with Crippen molar-refractivity contribution in [2.75, 3.05) is 10.8 Å². The molecular weight excluding hydrogens is 420 g/mol. The number of amides is 3. The Morgan fingerprint density at radius 2 is 1.77 bits per heavy atom. The van der Waals surface area contributed by atoms with Crippen LogP contribution in [-0.2, 0) is 20.9 Å². The quantitative estimate of drug-likeness (QED) is 0.534. The third-order valence-electron chi connectivity index (χ3n) is 4.21. The van der Waals surface area contributed by atoms with Crippen molar-refractivity contribution >= 4 is 50.9 Å². The number of alkyl halides is 1. The van der Waals surface area contributed by atoms with E-state index in [-0.39, 0.29) is 30.7 Å². The normalized spacial score (nSPS) is 16.8. The van der Waals surface area contributed by atoms with Gasteiger partial charge in [-0.1, -0.05) is 46.3 Å². The summed E-state index contributed by atoms with van der Waals surface area (Å²) >= 11 is 9.07. The van der Waals surface area contributed by atoms with Gasteiger partial charge in [-0.2, -0.15) is 0 Å². The van der Waals surface area contributed by atoms with Gasteiger partial charge in [0, 0.05) is 11.0 Å². The Morgan fingerprint density at radius 1 is 1.12 bits per heavy atom. The highest BCUT2D eigenvalue weighted by molar-refractivity contribution is 9.10. The lowest BCUT2D eigenvalue weighted by Crippen LogP contribution is -2.45. The van der Waals surface area contributed by atoms with E-state index < -0.39 is 11.9 Å². The van der Waals surface area contributed by atoms with Crippen molar-refractivity contribution in [1.29, 1.82) is 0 Å². The molecule has 5 nitrogen and oxygen atoms in total. The van der Waals surface area contributed by atoms with E-state index in [2.05, 4.69) is 15.9 Å². The minimum absolute atomic E-state index is 0.0512. The fourth-order valence-corrected chi connectivity index (χ4v) is 3.37. The Hall–Kier alpha value is -2.18. The van der Waals surface area contributed by atoms with Crippen molar-refractivity contribution in [3.8, 4) is 0 Å². The summed E-state index contributed by atoms with van der Waals surface area (Å²) < 4.78 is 0.847. The molecule has 0 aliphatic carbocycles. The van der Waals surface area contributed by atoms with Gasteiger partial charge in [-0.15, -0.1) is 11.6 Å². The number of hydrogen-bond donors (Lipinski definition) is 0. The topological polar surface area (TPSA) is 57.7 Å². The molecule has 26 heavy (non-hydrogen) atoms. The molecule has 0 bridgehead atoms. The SMILES string of the molecule is O=C1C[C@H](N(Cc2ccccc2)C(=O)CCl)C(=O)N1c1ccc(Br)cc1. The molecule has 1 aliphatic heterocycles. The fourth-order valence-electron chi connectivity index (χ4n) is 2.95. The summed E-state index contributed by atoms with van der Waals surface area (Å²) in [5.74, 6) is -1.36. The molecule has 134 valence electrons. The van der Waals surface area contributed by atoms with Crippen LogP contribution in [0.4, 0.5) is 5.69 Å². The fraction of sp³-hybridized carbons (Fsp3) is 0.211. The molecule has 7 heteroatoms. The number of rotatable bonds is 5. The molecule has 1 fully saturated rings. The molecule has 0 spiro atoms. The van der Waals surface area contributed by atoms with Crippen molar-refractivity contribution in [1.82, 2.24) is 4.90 Å². The van der Waals surface area contributed by atoms with E-state index in [1.807, 2.05) is 30.3 Å². The number of imide groups is 1.